The van der Waals surface area contributed by atoms with Gasteiger partial charge in [0.25, 0.3) is 5.91 Å². The molecular formula is C14H8BrFN2OS. The lowest BCUT2D eigenvalue weighted by molar-refractivity contribution is 0.102. The molecule has 0 unspecified atom stereocenters. The van der Waals surface area contributed by atoms with Crippen molar-refractivity contribution in [2.24, 2.45) is 0 Å². The highest BCUT2D eigenvalue weighted by Crippen LogP contribution is 2.26. The SMILES string of the molecule is O=C(Nc1nc2ccccc2s1)c1cccc(Br)c1F. The Hall–Kier alpha value is -1.79. The summed E-state index contributed by atoms with van der Waals surface area (Å²) in [4.78, 5) is 16.3. The topological polar surface area (TPSA) is 42.0 Å². The molecule has 3 aromatic rings. The third-order valence-corrected chi connectivity index (χ3v) is 4.27. The van der Waals surface area contributed by atoms with E-state index in [9.17, 15) is 9.18 Å². The number of hydrogen-bond donors (Lipinski definition) is 1. The summed E-state index contributed by atoms with van der Waals surface area (Å²) in [7, 11) is 0. The average Bonchev–Trinajstić information content (AvgIpc) is 2.83. The molecule has 1 heterocycles. The first-order valence-electron chi connectivity index (χ1n) is 5.76. The van der Waals surface area contributed by atoms with Crippen LogP contribution in [0, 0.1) is 5.82 Å². The normalized spacial score (nSPS) is 10.7. The summed E-state index contributed by atoms with van der Waals surface area (Å²) < 4.78 is 15.1. The lowest BCUT2D eigenvalue weighted by Gasteiger charge is -2.03. The Morgan fingerprint density at radius 3 is 2.80 bits per heavy atom. The van der Waals surface area contributed by atoms with Gasteiger partial charge in [-0.3, -0.25) is 10.1 Å². The van der Waals surface area contributed by atoms with Gasteiger partial charge in [0, 0.05) is 0 Å². The van der Waals surface area contributed by atoms with Crippen molar-refractivity contribution in [3.8, 4) is 0 Å². The summed E-state index contributed by atoms with van der Waals surface area (Å²) in [5.41, 5.74) is 0.793. The summed E-state index contributed by atoms with van der Waals surface area (Å²) in [6.45, 7) is 0. The Labute approximate surface area is 126 Å². The van der Waals surface area contributed by atoms with E-state index >= 15 is 0 Å². The number of para-hydroxylation sites is 1. The lowest BCUT2D eigenvalue weighted by Crippen LogP contribution is -2.13. The molecule has 3 nitrogen and oxygen atoms in total. The Morgan fingerprint density at radius 2 is 2.00 bits per heavy atom. The van der Waals surface area contributed by atoms with Crippen LogP contribution in [0.25, 0.3) is 10.2 Å². The molecule has 0 radical (unpaired) electrons. The molecule has 20 heavy (non-hydrogen) atoms. The number of fused-ring (bicyclic) bond motifs is 1. The Balaban J connectivity index is 1.90. The van der Waals surface area contributed by atoms with Gasteiger partial charge in [0.15, 0.2) is 5.13 Å². The minimum Gasteiger partial charge on any atom is -0.298 e. The van der Waals surface area contributed by atoms with E-state index in [1.807, 2.05) is 24.3 Å². The highest BCUT2D eigenvalue weighted by Gasteiger charge is 2.15. The number of carbonyl (C=O) groups excluding carboxylic acids is 1. The standard InChI is InChI=1S/C14H8BrFN2OS/c15-9-5-3-4-8(12(9)16)13(19)18-14-17-10-6-1-2-7-11(10)20-14/h1-7H,(H,17,18,19). The highest BCUT2D eigenvalue weighted by molar-refractivity contribution is 9.10. The van der Waals surface area contributed by atoms with Crippen molar-refractivity contribution in [3.05, 3.63) is 58.3 Å². The van der Waals surface area contributed by atoms with E-state index in [2.05, 4.69) is 26.2 Å². The van der Waals surface area contributed by atoms with Crippen LogP contribution >= 0.6 is 27.3 Å². The summed E-state index contributed by atoms with van der Waals surface area (Å²) in [6, 6.07) is 12.2. The first-order valence-corrected chi connectivity index (χ1v) is 7.37. The molecule has 0 saturated carbocycles. The van der Waals surface area contributed by atoms with Gasteiger partial charge in [0.05, 0.1) is 20.3 Å². The maximum atomic E-state index is 13.8. The highest BCUT2D eigenvalue weighted by atomic mass is 79.9. The fourth-order valence-corrected chi connectivity index (χ4v) is 3.00. The Bertz CT molecular complexity index is 770. The molecule has 100 valence electrons. The molecule has 1 amide bonds. The van der Waals surface area contributed by atoms with E-state index < -0.39 is 11.7 Å². The number of nitrogens with zero attached hydrogens (tertiary/aromatic N) is 1. The summed E-state index contributed by atoms with van der Waals surface area (Å²) in [5, 5.41) is 3.08. The number of rotatable bonds is 2. The van der Waals surface area contributed by atoms with Crippen molar-refractivity contribution in [1.82, 2.24) is 4.98 Å². The van der Waals surface area contributed by atoms with Crippen LogP contribution in [0.4, 0.5) is 9.52 Å². The molecule has 0 fully saturated rings. The summed E-state index contributed by atoms with van der Waals surface area (Å²) in [6.07, 6.45) is 0. The first-order chi connectivity index (χ1) is 9.65. The quantitative estimate of drug-likeness (QED) is 0.741. The third-order valence-electron chi connectivity index (χ3n) is 2.71. The smallest absolute Gasteiger partial charge is 0.260 e. The van der Waals surface area contributed by atoms with Crippen molar-refractivity contribution in [2.45, 2.75) is 0 Å². The number of carbonyl (C=O) groups is 1. The van der Waals surface area contributed by atoms with Crippen LogP contribution in [0.2, 0.25) is 0 Å². The molecule has 1 aromatic heterocycles. The molecule has 0 saturated heterocycles. The second-order valence-electron chi connectivity index (χ2n) is 4.04. The molecule has 0 bridgehead atoms. The monoisotopic (exact) mass is 350 g/mol. The van der Waals surface area contributed by atoms with E-state index in [0.717, 1.165) is 10.2 Å². The second kappa shape index (κ2) is 5.30. The number of hydrogen-bond acceptors (Lipinski definition) is 3. The van der Waals surface area contributed by atoms with Crippen LogP contribution in [0.15, 0.2) is 46.9 Å². The molecule has 3 rings (SSSR count). The van der Waals surface area contributed by atoms with Crippen LogP contribution in [-0.2, 0) is 0 Å². The minimum atomic E-state index is -0.578. The fourth-order valence-electron chi connectivity index (χ4n) is 1.77. The third kappa shape index (κ3) is 2.44. The van der Waals surface area contributed by atoms with Crippen LogP contribution in [-0.4, -0.2) is 10.9 Å². The molecule has 2 aromatic carbocycles. The van der Waals surface area contributed by atoms with Crippen LogP contribution in [0.1, 0.15) is 10.4 Å². The molecule has 0 aliphatic carbocycles. The van der Waals surface area contributed by atoms with Crippen LogP contribution in [0.5, 0.6) is 0 Å². The van der Waals surface area contributed by atoms with Gasteiger partial charge < -0.3 is 0 Å². The number of anilines is 1. The maximum Gasteiger partial charge on any atom is 0.260 e. The van der Waals surface area contributed by atoms with Gasteiger partial charge in [-0.05, 0) is 40.2 Å². The number of nitrogens with one attached hydrogen (secondary N) is 1. The van der Waals surface area contributed by atoms with Crippen molar-refractivity contribution < 1.29 is 9.18 Å². The number of halogens is 2. The largest absolute Gasteiger partial charge is 0.298 e. The number of thiazole rings is 1. The van der Waals surface area contributed by atoms with Crippen molar-refractivity contribution in [2.75, 3.05) is 5.32 Å². The van der Waals surface area contributed by atoms with Gasteiger partial charge in [-0.2, -0.15) is 0 Å². The van der Waals surface area contributed by atoms with E-state index in [0.29, 0.717) is 5.13 Å². The second-order valence-corrected chi connectivity index (χ2v) is 5.93. The van der Waals surface area contributed by atoms with E-state index in [4.69, 9.17) is 0 Å². The van der Waals surface area contributed by atoms with Gasteiger partial charge in [-0.15, -0.1) is 0 Å². The maximum absolute atomic E-state index is 13.8. The predicted molar refractivity (Wildman–Crippen MR) is 81.7 cm³/mol. The molecule has 1 N–H and O–H groups in total. The zero-order valence-electron chi connectivity index (χ0n) is 10.1. The molecule has 6 heteroatoms. The zero-order chi connectivity index (χ0) is 14.1. The van der Waals surface area contributed by atoms with Crippen LogP contribution in [0.3, 0.4) is 0 Å². The first kappa shape index (κ1) is 13.2. The molecular weight excluding hydrogens is 343 g/mol. The zero-order valence-corrected chi connectivity index (χ0v) is 12.5. The number of aromatic nitrogens is 1. The fraction of sp³-hybridized carbons (Fsp3) is 0. The van der Waals surface area contributed by atoms with E-state index in [-0.39, 0.29) is 10.0 Å². The predicted octanol–water partition coefficient (Wildman–Crippen LogP) is 4.45. The number of benzene rings is 2. The van der Waals surface area contributed by atoms with E-state index in [1.165, 1.54) is 17.4 Å². The van der Waals surface area contributed by atoms with Gasteiger partial charge in [0.1, 0.15) is 5.82 Å². The average molecular weight is 351 g/mol. The van der Waals surface area contributed by atoms with Gasteiger partial charge in [0.2, 0.25) is 0 Å². The van der Waals surface area contributed by atoms with Crippen molar-refractivity contribution in [1.29, 1.82) is 0 Å². The van der Waals surface area contributed by atoms with Gasteiger partial charge >= 0.3 is 0 Å². The van der Waals surface area contributed by atoms with E-state index in [1.54, 1.807) is 12.1 Å². The van der Waals surface area contributed by atoms with Crippen molar-refractivity contribution in [3.63, 3.8) is 0 Å². The van der Waals surface area contributed by atoms with Gasteiger partial charge in [-0.25, -0.2) is 9.37 Å². The minimum absolute atomic E-state index is 0.0152. The molecule has 0 aliphatic rings. The summed E-state index contributed by atoms with van der Waals surface area (Å²) in [5.74, 6) is -1.09. The summed E-state index contributed by atoms with van der Waals surface area (Å²) >= 11 is 4.41. The van der Waals surface area contributed by atoms with Gasteiger partial charge in [-0.1, -0.05) is 29.5 Å². The molecule has 0 aliphatic heterocycles. The Morgan fingerprint density at radius 1 is 1.20 bits per heavy atom. The molecule has 0 atom stereocenters. The Kier molecular flexibility index (Phi) is 3.50. The van der Waals surface area contributed by atoms with Crippen LogP contribution < -0.4 is 5.32 Å². The molecule has 0 spiro atoms. The number of amides is 1. The lowest BCUT2D eigenvalue weighted by atomic mass is 10.2. The van der Waals surface area contributed by atoms with Crippen molar-refractivity contribution >= 4 is 48.5 Å².